The van der Waals surface area contributed by atoms with E-state index >= 15 is 0 Å². The second-order valence-electron chi connectivity index (χ2n) is 16.4. The third-order valence-electron chi connectivity index (χ3n) is 10.9. The van der Waals surface area contributed by atoms with Crippen LogP contribution in [-0.4, -0.2) is 39.2 Å². The van der Waals surface area contributed by atoms with E-state index in [-0.39, 0.29) is 0 Å². The molecule has 0 bridgehead atoms. The first-order chi connectivity index (χ1) is 29.5. The molecule has 62 heavy (non-hydrogen) atoms. The van der Waals surface area contributed by atoms with Gasteiger partial charge in [-0.25, -0.2) is 0 Å². The molecule has 0 aliphatic carbocycles. The van der Waals surface area contributed by atoms with Gasteiger partial charge in [0.15, 0.2) is 0 Å². The summed E-state index contributed by atoms with van der Waals surface area (Å²) in [5, 5.41) is 4.46. The molecule has 0 atom stereocenters. The number of hydrogen-bond acceptors (Lipinski definition) is 12. The Hall–Kier alpha value is 1.05. The molecular weight excluding hydrogens is 1020 g/mol. The van der Waals surface area contributed by atoms with Crippen LogP contribution in [0.5, 0.6) is 0 Å². The molecule has 0 aromatic carbocycles. The van der Waals surface area contributed by atoms with Gasteiger partial charge in [0, 0.05) is 0 Å². The maximum Gasteiger partial charge on any atom is 0.146 e. The molecule has 4 aliphatic heterocycles. The highest BCUT2D eigenvalue weighted by Crippen LogP contribution is 2.63. The SMILES string of the molecule is CCSC1=C(SCC)SC(=C2SC=C(C#CC(C#CC3=CSC(=C4SC(SCC)=C(SCC)S4)S3)=C(C#C[Si](C(C)C)(C(C)C)C(C)C)C#C[Si](C(C)C)(C(C)C)C(C)C)S2)S1. The minimum absolute atomic E-state index is 0.508. The summed E-state index contributed by atoms with van der Waals surface area (Å²) in [5.41, 5.74) is 12.7. The molecule has 4 heterocycles. The average molecular weight is 1080 g/mol. The van der Waals surface area contributed by atoms with Crippen molar-refractivity contribution in [1.29, 1.82) is 0 Å². The van der Waals surface area contributed by atoms with Crippen molar-refractivity contribution in [1.82, 2.24) is 0 Å². The minimum atomic E-state index is -2.09. The molecule has 0 saturated heterocycles. The first-order valence-corrected chi connectivity index (χ1v) is 36.7. The first-order valence-electron chi connectivity index (χ1n) is 21.6. The second kappa shape index (κ2) is 26.7. The maximum atomic E-state index is 4.06. The van der Waals surface area contributed by atoms with Gasteiger partial charge in [-0.1, -0.05) is 229 Å². The standard InChI is InChI=1S/C48H64S12Si2/c1-17-49-41-42(50-18-2)58-47(57-41)45-53-29-39(55-45)23-21-37(22-24-40-30-54-46(56-40)48-59-43(51-19-3)44(60-48)52-20-4)38(25-27-61(31(5)6,32(7)8)33(9)10)26-28-62(34(11)12,35(13)14)36(15)16/h29-36H,17-20H2,1-16H3. The summed E-state index contributed by atoms with van der Waals surface area (Å²) in [5.74, 6) is 26.6. The third kappa shape index (κ3) is 14.1. The topological polar surface area (TPSA) is 0 Å². The van der Waals surface area contributed by atoms with Gasteiger partial charge >= 0.3 is 0 Å². The van der Waals surface area contributed by atoms with E-state index in [1.165, 1.54) is 33.9 Å². The van der Waals surface area contributed by atoms with Crippen LogP contribution in [0, 0.1) is 46.6 Å². The maximum absolute atomic E-state index is 4.06. The van der Waals surface area contributed by atoms with Crippen LogP contribution in [-0.2, 0) is 0 Å². The summed E-state index contributed by atoms with van der Waals surface area (Å²) in [7, 11) is -4.18. The van der Waals surface area contributed by atoms with E-state index in [1.807, 2.05) is 118 Å². The van der Waals surface area contributed by atoms with Gasteiger partial charge in [-0.2, -0.15) is 0 Å². The zero-order valence-electron chi connectivity index (χ0n) is 39.3. The molecule has 0 aromatic rings. The third-order valence-corrected chi connectivity index (χ3v) is 39.6. The normalized spacial score (nSPS) is 17.0. The quantitative estimate of drug-likeness (QED) is 0.120. The van der Waals surface area contributed by atoms with Gasteiger partial charge in [-0.3, -0.25) is 0 Å². The van der Waals surface area contributed by atoms with Gasteiger partial charge in [0.25, 0.3) is 0 Å². The highest BCUT2D eigenvalue weighted by molar-refractivity contribution is 8.43. The summed E-state index contributed by atoms with van der Waals surface area (Å²) in [6, 6.07) is 0. The van der Waals surface area contributed by atoms with Crippen LogP contribution in [0.4, 0.5) is 0 Å². The molecule has 0 amide bonds. The predicted molar refractivity (Wildman–Crippen MR) is 318 cm³/mol. The molecule has 0 saturated carbocycles. The first kappa shape index (κ1) is 55.6. The Kier molecular flexibility index (Phi) is 24.0. The summed E-state index contributed by atoms with van der Waals surface area (Å²) in [6.45, 7) is 37.6. The lowest BCUT2D eigenvalue weighted by Crippen LogP contribution is -2.43. The van der Waals surface area contributed by atoms with Gasteiger partial charge in [-0.15, -0.1) is 58.1 Å². The number of rotatable bonds is 14. The predicted octanol–water partition coefficient (Wildman–Crippen LogP) is 19.9. The largest absolute Gasteiger partial charge is 0.146 e. The van der Waals surface area contributed by atoms with Gasteiger partial charge < -0.3 is 0 Å². The van der Waals surface area contributed by atoms with Crippen LogP contribution in [0.1, 0.15) is 111 Å². The molecule has 336 valence electrons. The Labute approximate surface area is 431 Å². The fourth-order valence-corrected chi connectivity index (χ4v) is 34.6. The summed E-state index contributed by atoms with van der Waals surface area (Å²) >= 11 is 22.8. The van der Waals surface area contributed by atoms with Gasteiger partial charge in [0.1, 0.15) is 16.1 Å². The second-order valence-corrected chi connectivity index (χ2v) is 42.7. The highest BCUT2D eigenvalue weighted by Gasteiger charge is 2.43. The van der Waals surface area contributed by atoms with Crippen molar-refractivity contribution in [3.05, 3.63) is 65.7 Å². The van der Waals surface area contributed by atoms with Crippen LogP contribution in [0.15, 0.2) is 65.7 Å². The lowest BCUT2D eigenvalue weighted by molar-refractivity contribution is 0.838. The minimum Gasteiger partial charge on any atom is -0.124 e. The molecule has 14 heteroatoms. The zero-order valence-corrected chi connectivity index (χ0v) is 51.1. The molecular formula is C48H64S12Si2. The summed E-state index contributed by atoms with van der Waals surface area (Å²) in [4.78, 5) is 2.12. The lowest BCUT2D eigenvalue weighted by atomic mass is 10.1. The molecule has 0 unspecified atom stereocenters. The highest BCUT2D eigenvalue weighted by atomic mass is 32.3. The van der Waals surface area contributed by atoms with Crippen molar-refractivity contribution >= 4 is 157 Å². The summed E-state index contributed by atoms with van der Waals surface area (Å²) < 4.78 is 11.2. The molecule has 0 spiro atoms. The van der Waals surface area contributed by atoms with Crippen LogP contribution in [0.25, 0.3) is 0 Å². The molecule has 4 rings (SSSR count). The number of allylic oxidation sites excluding steroid dienone is 4. The molecule has 0 fully saturated rings. The smallest absolute Gasteiger partial charge is 0.124 e. The van der Waals surface area contributed by atoms with Gasteiger partial charge in [0.2, 0.25) is 0 Å². The van der Waals surface area contributed by atoms with Crippen molar-refractivity contribution in [3.63, 3.8) is 0 Å². The van der Waals surface area contributed by atoms with E-state index in [4.69, 9.17) is 0 Å². The van der Waals surface area contributed by atoms with Crippen molar-refractivity contribution in [2.45, 2.75) is 144 Å². The molecule has 4 aliphatic rings. The number of hydrogen-bond donors (Lipinski definition) is 0. The summed E-state index contributed by atoms with van der Waals surface area (Å²) in [6.07, 6.45) is 0. The van der Waals surface area contributed by atoms with Gasteiger partial charge in [-0.05, 0) is 78.9 Å². The fraction of sp³-hybridized carbons (Fsp3) is 0.542. The van der Waals surface area contributed by atoms with Crippen LogP contribution in [0.2, 0.25) is 33.2 Å². The lowest BCUT2D eigenvalue weighted by Gasteiger charge is -2.38. The van der Waals surface area contributed by atoms with Crippen LogP contribution < -0.4 is 0 Å². The Bertz CT molecular complexity index is 1920. The van der Waals surface area contributed by atoms with E-state index in [9.17, 15) is 0 Å². The molecule has 0 radical (unpaired) electrons. The van der Waals surface area contributed by atoms with Crippen LogP contribution >= 0.6 is 141 Å². The Morgan fingerprint density at radius 1 is 0.419 bits per heavy atom. The zero-order chi connectivity index (χ0) is 45.8. The number of thioether (sulfide) groups is 12. The van der Waals surface area contributed by atoms with E-state index in [0.29, 0.717) is 33.2 Å². The van der Waals surface area contributed by atoms with Crippen molar-refractivity contribution in [2.75, 3.05) is 23.0 Å². The monoisotopic (exact) mass is 1080 g/mol. The van der Waals surface area contributed by atoms with Crippen LogP contribution in [0.3, 0.4) is 0 Å². The van der Waals surface area contributed by atoms with E-state index < -0.39 is 16.1 Å². The Balaban J connectivity index is 1.90. The van der Waals surface area contributed by atoms with Crippen molar-refractivity contribution < 1.29 is 0 Å². The molecule has 0 aromatic heterocycles. The van der Waals surface area contributed by atoms with E-state index in [0.717, 1.165) is 44.0 Å². The van der Waals surface area contributed by atoms with Gasteiger partial charge in [0.05, 0.1) is 54.9 Å². The fourth-order valence-electron chi connectivity index (χ4n) is 8.16. The molecule has 0 nitrogen and oxygen atoms in total. The Morgan fingerprint density at radius 2 is 0.694 bits per heavy atom. The van der Waals surface area contributed by atoms with E-state index in [2.05, 4.69) is 168 Å². The van der Waals surface area contributed by atoms with Crippen molar-refractivity contribution in [3.8, 4) is 46.6 Å². The average Bonchev–Trinajstić information content (AvgIpc) is 4.02. The Morgan fingerprint density at radius 3 is 0.952 bits per heavy atom. The molecule has 0 N–H and O–H groups in total. The van der Waals surface area contributed by atoms with E-state index in [1.54, 1.807) is 23.5 Å². The van der Waals surface area contributed by atoms with Crippen molar-refractivity contribution in [2.24, 2.45) is 0 Å².